The summed E-state index contributed by atoms with van der Waals surface area (Å²) in [6.45, 7) is 4.13. The smallest absolute Gasteiger partial charge is 0.434 e. The number of aromatic nitrogens is 2. The van der Waals surface area contributed by atoms with Gasteiger partial charge in [0.05, 0.1) is 36.7 Å². The van der Waals surface area contributed by atoms with Crippen LogP contribution in [0, 0.1) is 6.92 Å². The molecule has 2 aromatic heterocycles. The molecule has 33 heavy (non-hydrogen) atoms. The van der Waals surface area contributed by atoms with Crippen molar-refractivity contribution in [2.24, 2.45) is 0 Å². The first-order valence-corrected chi connectivity index (χ1v) is 10.7. The van der Waals surface area contributed by atoms with Crippen LogP contribution in [0.5, 0.6) is 0 Å². The van der Waals surface area contributed by atoms with E-state index in [1.165, 1.54) is 24.3 Å². The van der Waals surface area contributed by atoms with Crippen LogP contribution < -0.4 is 5.32 Å². The first-order chi connectivity index (χ1) is 15.7. The Balaban J connectivity index is 1.59. The molecule has 1 atom stereocenters. The highest BCUT2D eigenvalue weighted by atomic mass is 35.5. The summed E-state index contributed by atoms with van der Waals surface area (Å²) in [5, 5.41) is 6.71. The van der Waals surface area contributed by atoms with Gasteiger partial charge in [-0.1, -0.05) is 17.7 Å². The van der Waals surface area contributed by atoms with E-state index in [0.29, 0.717) is 42.5 Å². The van der Waals surface area contributed by atoms with Crippen molar-refractivity contribution in [3.63, 3.8) is 0 Å². The maximum absolute atomic E-state index is 13.9. The number of amides is 1. The van der Waals surface area contributed by atoms with Gasteiger partial charge in [-0.3, -0.25) is 9.69 Å². The minimum Gasteiger partial charge on any atom is -0.465 e. The van der Waals surface area contributed by atoms with Crippen LogP contribution in [-0.2, 0) is 10.9 Å². The summed E-state index contributed by atoms with van der Waals surface area (Å²) in [5.41, 5.74) is -1.64. The summed E-state index contributed by atoms with van der Waals surface area (Å²) in [7, 11) is 0. The topological polar surface area (TPSA) is 72.5 Å². The number of carbonyl (C=O) groups is 1. The summed E-state index contributed by atoms with van der Waals surface area (Å²) in [6.07, 6.45) is -3.90. The Hall–Kier alpha value is -2.82. The molecule has 3 aromatic rings. The molecular weight excluding hydrogens is 461 g/mol. The lowest BCUT2D eigenvalue weighted by Gasteiger charge is -2.33. The number of carbonyl (C=O) groups excluding carboxylic acids is 1. The van der Waals surface area contributed by atoms with Gasteiger partial charge in [0.1, 0.15) is 11.5 Å². The number of rotatable bonds is 6. The molecule has 1 saturated heterocycles. The van der Waals surface area contributed by atoms with E-state index in [4.69, 9.17) is 20.8 Å². The molecule has 7 nitrogen and oxygen atoms in total. The SMILES string of the molecule is Cc1ccc(C(CNC(=O)c2cnn(-c3cccc(Cl)c3)c2C(F)(F)F)N2CCOCC2)o1. The monoisotopic (exact) mass is 482 g/mol. The zero-order valence-corrected chi connectivity index (χ0v) is 18.5. The van der Waals surface area contributed by atoms with Crippen molar-refractivity contribution in [2.75, 3.05) is 32.8 Å². The number of aryl methyl sites for hydroxylation is 1. The summed E-state index contributed by atoms with van der Waals surface area (Å²) in [4.78, 5) is 15.0. The Kier molecular flexibility index (Phi) is 6.78. The van der Waals surface area contributed by atoms with Gasteiger partial charge in [-0.15, -0.1) is 0 Å². The van der Waals surface area contributed by atoms with Crippen molar-refractivity contribution in [1.29, 1.82) is 0 Å². The van der Waals surface area contributed by atoms with Gasteiger partial charge in [-0.2, -0.15) is 18.3 Å². The lowest BCUT2D eigenvalue weighted by molar-refractivity contribution is -0.143. The maximum atomic E-state index is 13.9. The number of hydrogen-bond donors (Lipinski definition) is 1. The zero-order chi connectivity index (χ0) is 23.6. The van der Waals surface area contributed by atoms with E-state index in [9.17, 15) is 18.0 Å². The molecule has 1 aliphatic heterocycles. The number of alkyl halides is 3. The molecule has 1 amide bonds. The summed E-state index contributed by atoms with van der Waals surface area (Å²) in [5.74, 6) is 0.453. The number of nitrogens with zero attached hydrogens (tertiary/aromatic N) is 3. The standard InChI is InChI=1S/C22H22ClF3N4O3/c1-14-5-6-19(33-14)18(29-7-9-32-10-8-29)13-27-21(31)17-12-28-30(20(17)22(24,25)26)16-4-2-3-15(23)11-16/h2-6,11-12,18H,7-10,13H2,1H3,(H,27,31). The van der Waals surface area contributed by atoms with E-state index >= 15 is 0 Å². The lowest BCUT2D eigenvalue weighted by Crippen LogP contribution is -2.43. The average Bonchev–Trinajstić information content (AvgIpc) is 3.41. The number of morpholine rings is 1. The third-order valence-electron chi connectivity index (χ3n) is 5.37. The van der Waals surface area contributed by atoms with Crippen molar-refractivity contribution in [1.82, 2.24) is 20.0 Å². The quantitative estimate of drug-likeness (QED) is 0.568. The van der Waals surface area contributed by atoms with Crippen LogP contribution in [0.15, 0.2) is 47.0 Å². The van der Waals surface area contributed by atoms with E-state index in [1.54, 1.807) is 19.1 Å². The first kappa shape index (κ1) is 23.3. The van der Waals surface area contributed by atoms with Crippen molar-refractivity contribution in [3.8, 4) is 5.69 Å². The molecule has 1 fully saturated rings. The minimum atomic E-state index is -4.81. The van der Waals surface area contributed by atoms with Gasteiger partial charge in [0, 0.05) is 24.7 Å². The van der Waals surface area contributed by atoms with Crippen molar-refractivity contribution in [2.45, 2.75) is 19.1 Å². The molecule has 1 unspecified atom stereocenters. The highest BCUT2D eigenvalue weighted by Crippen LogP contribution is 2.34. The average molecular weight is 483 g/mol. The van der Waals surface area contributed by atoms with Crippen LogP contribution in [0.2, 0.25) is 5.02 Å². The number of nitrogens with one attached hydrogen (secondary N) is 1. The Bertz CT molecular complexity index is 1120. The second kappa shape index (κ2) is 9.58. The van der Waals surface area contributed by atoms with E-state index < -0.39 is 23.3 Å². The molecule has 0 radical (unpaired) electrons. The molecule has 11 heteroatoms. The Morgan fingerprint density at radius 2 is 2.00 bits per heavy atom. The van der Waals surface area contributed by atoms with Gasteiger partial charge in [0.2, 0.25) is 0 Å². The minimum absolute atomic E-state index is 0.0609. The van der Waals surface area contributed by atoms with E-state index in [2.05, 4.69) is 15.3 Å². The van der Waals surface area contributed by atoms with Crippen molar-refractivity contribution in [3.05, 3.63) is 70.4 Å². The summed E-state index contributed by atoms with van der Waals surface area (Å²) in [6, 6.07) is 9.10. The Labute approximate surface area is 193 Å². The van der Waals surface area contributed by atoms with E-state index in [-0.39, 0.29) is 23.3 Å². The molecule has 0 spiro atoms. The predicted molar refractivity (Wildman–Crippen MR) is 114 cm³/mol. The van der Waals surface area contributed by atoms with Crippen LogP contribution in [-0.4, -0.2) is 53.4 Å². The third kappa shape index (κ3) is 5.23. The number of hydrogen-bond acceptors (Lipinski definition) is 5. The van der Waals surface area contributed by atoms with Crippen molar-refractivity contribution < 1.29 is 27.1 Å². The van der Waals surface area contributed by atoms with Gasteiger partial charge in [-0.25, -0.2) is 4.68 Å². The normalized spacial score (nSPS) is 16.0. The molecule has 0 bridgehead atoms. The van der Waals surface area contributed by atoms with Gasteiger partial charge >= 0.3 is 6.18 Å². The highest BCUT2D eigenvalue weighted by Gasteiger charge is 2.41. The molecule has 1 aliphatic rings. The molecule has 0 saturated carbocycles. The molecular formula is C22H22ClF3N4O3. The molecule has 1 aromatic carbocycles. The second-order valence-corrected chi connectivity index (χ2v) is 8.06. The fourth-order valence-electron chi connectivity index (χ4n) is 3.81. The Morgan fingerprint density at radius 3 is 2.64 bits per heavy atom. The summed E-state index contributed by atoms with van der Waals surface area (Å²) >= 11 is 5.92. The molecule has 4 rings (SSSR count). The number of furan rings is 1. The maximum Gasteiger partial charge on any atom is 0.434 e. The van der Waals surface area contributed by atoms with Gasteiger partial charge in [-0.05, 0) is 37.3 Å². The van der Waals surface area contributed by atoms with E-state index in [0.717, 1.165) is 6.20 Å². The number of benzene rings is 1. The van der Waals surface area contributed by atoms with Crippen molar-refractivity contribution >= 4 is 17.5 Å². The van der Waals surface area contributed by atoms with Crippen LogP contribution in [0.4, 0.5) is 13.2 Å². The lowest BCUT2D eigenvalue weighted by atomic mass is 10.1. The molecule has 0 aliphatic carbocycles. The number of ether oxygens (including phenoxy) is 1. The van der Waals surface area contributed by atoms with Crippen LogP contribution in [0.1, 0.15) is 33.6 Å². The fraction of sp³-hybridized carbons (Fsp3) is 0.364. The number of halogens is 4. The second-order valence-electron chi connectivity index (χ2n) is 7.62. The van der Waals surface area contributed by atoms with Gasteiger partial charge in [0.25, 0.3) is 5.91 Å². The van der Waals surface area contributed by atoms with Crippen LogP contribution >= 0.6 is 11.6 Å². The third-order valence-corrected chi connectivity index (χ3v) is 5.60. The van der Waals surface area contributed by atoms with Gasteiger partial charge in [0.15, 0.2) is 5.69 Å². The fourth-order valence-corrected chi connectivity index (χ4v) is 3.99. The van der Waals surface area contributed by atoms with E-state index in [1.807, 2.05) is 0 Å². The largest absolute Gasteiger partial charge is 0.465 e. The summed E-state index contributed by atoms with van der Waals surface area (Å²) < 4.78 is 53.6. The first-order valence-electron chi connectivity index (χ1n) is 10.3. The molecule has 1 N–H and O–H groups in total. The van der Waals surface area contributed by atoms with Crippen LogP contribution in [0.3, 0.4) is 0 Å². The zero-order valence-electron chi connectivity index (χ0n) is 17.7. The van der Waals surface area contributed by atoms with Gasteiger partial charge < -0.3 is 14.5 Å². The van der Waals surface area contributed by atoms with Crippen LogP contribution in [0.25, 0.3) is 5.69 Å². The highest BCUT2D eigenvalue weighted by molar-refractivity contribution is 6.30. The predicted octanol–water partition coefficient (Wildman–Crippen LogP) is 4.25. The Morgan fingerprint density at radius 1 is 1.24 bits per heavy atom. The molecule has 176 valence electrons. The molecule has 3 heterocycles.